The van der Waals surface area contributed by atoms with Crippen molar-refractivity contribution >= 4 is 23.5 Å². The summed E-state index contributed by atoms with van der Waals surface area (Å²) >= 11 is 0.956. The summed E-state index contributed by atoms with van der Waals surface area (Å²) < 4.78 is 49.6. The molecule has 1 aromatic heterocycles. The summed E-state index contributed by atoms with van der Waals surface area (Å²) in [6.07, 6.45) is -4.48. The van der Waals surface area contributed by atoms with Crippen molar-refractivity contribution < 1.29 is 27.4 Å². The highest BCUT2D eigenvalue weighted by Gasteiger charge is 2.33. The Morgan fingerprint density at radius 3 is 2.67 bits per heavy atom. The normalized spacial score (nSPS) is 16.8. The van der Waals surface area contributed by atoms with Crippen LogP contribution in [0.4, 0.5) is 19.0 Å². The highest BCUT2D eigenvalue weighted by molar-refractivity contribution is 8.00. The quantitative estimate of drug-likeness (QED) is 0.591. The molecule has 0 N–H and O–H groups in total. The third-order valence-corrected chi connectivity index (χ3v) is 4.36. The Bertz CT molecular complexity index is 578. The molecule has 134 valence electrons. The Morgan fingerprint density at radius 2 is 2.08 bits per heavy atom. The first-order valence-electron chi connectivity index (χ1n) is 7.56. The van der Waals surface area contributed by atoms with Crippen LogP contribution in [0.1, 0.15) is 19.4 Å². The van der Waals surface area contributed by atoms with Gasteiger partial charge >= 0.3 is 12.1 Å². The van der Waals surface area contributed by atoms with E-state index in [1.807, 2.05) is 0 Å². The number of anilines is 1. The monoisotopic (exact) mass is 364 g/mol. The van der Waals surface area contributed by atoms with Gasteiger partial charge in [0.1, 0.15) is 11.1 Å². The fourth-order valence-corrected chi connectivity index (χ4v) is 3.03. The molecule has 0 saturated carbocycles. The van der Waals surface area contributed by atoms with E-state index in [2.05, 4.69) is 4.98 Å². The minimum absolute atomic E-state index is 0.145. The smallest absolute Gasteiger partial charge is 0.416 e. The van der Waals surface area contributed by atoms with Crippen molar-refractivity contribution in [1.29, 1.82) is 0 Å². The SMILES string of the molecule is CCOC(=O)[C@H](C)Sc1cc(C(F)(F)F)cc(N2CCOCC2)n1. The number of esters is 1. The molecule has 1 fully saturated rings. The zero-order valence-electron chi connectivity index (χ0n) is 13.4. The summed E-state index contributed by atoms with van der Waals surface area (Å²) in [6, 6.07) is 1.99. The van der Waals surface area contributed by atoms with Gasteiger partial charge < -0.3 is 14.4 Å². The Hall–Kier alpha value is -1.48. The molecule has 1 saturated heterocycles. The number of alkyl halides is 3. The highest BCUT2D eigenvalue weighted by Crippen LogP contribution is 2.35. The van der Waals surface area contributed by atoms with Crippen LogP contribution in [0.15, 0.2) is 17.2 Å². The van der Waals surface area contributed by atoms with Gasteiger partial charge in [0.2, 0.25) is 0 Å². The van der Waals surface area contributed by atoms with Crippen molar-refractivity contribution in [1.82, 2.24) is 4.98 Å². The molecular weight excluding hydrogens is 345 g/mol. The zero-order valence-corrected chi connectivity index (χ0v) is 14.2. The van der Waals surface area contributed by atoms with Crippen LogP contribution in [0.25, 0.3) is 0 Å². The van der Waals surface area contributed by atoms with Gasteiger partial charge in [-0.1, -0.05) is 11.8 Å². The molecule has 2 rings (SSSR count). The minimum atomic E-state index is -4.48. The maximum absolute atomic E-state index is 13.2. The van der Waals surface area contributed by atoms with Crippen LogP contribution in [-0.4, -0.2) is 49.1 Å². The molecule has 0 aromatic carbocycles. The van der Waals surface area contributed by atoms with Gasteiger partial charge in [0, 0.05) is 13.1 Å². The zero-order chi connectivity index (χ0) is 17.7. The maximum atomic E-state index is 13.2. The van der Waals surface area contributed by atoms with E-state index in [1.54, 1.807) is 18.7 Å². The molecule has 9 heteroatoms. The number of nitrogens with zero attached hydrogens (tertiary/aromatic N) is 2. The molecule has 1 aliphatic rings. The third kappa shape index (κ3) is 5.01. The number of carbonyl (C=O) groups is 1. The standard InChI is InChI=1S/C15H19F3N2O3S/c1-3-23-14(21)10(2)24-13-9-11(15(16,17)18)8-12(19-13)20-4-6-22-7-5-20/h8-10H,3-7H2,1-2H3/t10-/m0/s1. The van der Waals surface area contributed by atoms with E-state index < -0.39 is 23.0 Å². The van der Waals surface area contributed by atoms with Crippen molar-refractivity contribution in [2.45, 2.75) is 30.3 Å². The molecule has 0 unspecified atom stereocenters. The number of ether oxygens (including phenoxy) is 2. The molecule has 0 amide bonds. The lowest BCUT2D eigenvalue weighted by Gasteiger charge is -2.28. The summed E-state index contributed by atoms with van der Waals surface area (Å²) in [7, 11) is 0. The number of morpholine rings is 1. The number of aromatic nitrogens is 1. The van der Waals surface area contributed by atoms with Gasteiger partial charge in [0.15, 0.2) is 0 Å². The van der Waals surface area contributed by atoms with Crippen LogP contribution >= 0.6 is 11.8 Å². The first kappa shape index (κ1) is 18.9. The van der Waals surface area contributed by atoms with Crippen molar-refractivity contribution in [3.8, 4) is 0 Å². The van der Waals surface area contributed by atoms with Crippen LogP contribution in [0.5, 0.6) is 0 Å². The Labute approximate surface area is 142 Å². The van der Waals surface area contributed by atoms with Crippen LogP contribution in [0, 0.1) is 0 Å². The third-order valence-electron chi connectivity index (χ3n) is 3.37. The van der Waals surface area contributed by atoms with E-state index >= 15 is 0 Å². The van der Waals surface area contributed by atoms with Gasteiger partial charge in [0.05, 0.1) is 30.4 Å². The number of rotatable bonds is 5. The number of hydrogen-bond acceptors (Lipinski definition) is 6. The predicted octanol–water partition coefficient (Wildman–Crippen LogP) is 2.98. The number of hydrogen-bond donors (Lipinski definition) is 0. The van der Waals surface area contributed by atoms with Gasteiger partial charge in [-0.3, -0.25) is 4.79 Å². The molecule has 0 spiro atoms. The van der Waals surface area contributed by atoms with Gasteiger partial charge in [-0.25, -0.2) is 4.98 Å². The number of pyridine rings is 1. The number of carbonyl (C=O) groups excluding carboxylic acids is 1. The second-order valence-electron chi connectivity index (χ2n) is 5.16. The predicted molar refractivity (Wildman–Crippen MR) is 84.2 cm³/mol. The molecule has 5 nitrogen and oxygen atoms in total. The Kier molecular flexibility index (Phi) is 6.34. The van der Waals surface area contributed by atoms with E-state index in [9.17, 15) is 18.0 Å². The van der Waals surface area contributed by atoms with E-state index in [-0.39, 0.29) is 17.5 Å². The van der Waals surface area contributed by atoms with Crippen molar-refractivity contribution in [2.24, 2.45) is 0 Å². The van der Waals surface area contributed by atoms with Gasteiger partial charge in [-0.2, -0.15) is 13.2 Å². The lowest BCUT2D eigenvalue weighted by atomic mass is 10.2. The van der Waals surface area contributed by atoms with Crippen molar-refractivity contribution in [3.63, 3.8) is 0 Å². The summed E-state index contributed by atoms with van der Waals surface area (Å²) in [5, 5.41) is -0.495. The summed E-state index contributed by atoms with van der Waals surface area (Å²) in [6.45, 7) is 5.32. The topological polar surface area (TPSA) is 51.7 Å². The first-order chi connectivity index (χ1) is 11.3. The van der Waals surface area contributed by atoms with E-state index in [1.165, 1.54) is 0 Å². The molecule has 1 aliphatic heterocycles. The molecule has 1 atom stereocenters. The van der Waals surface area contributed by atoms with Crippen LogP contribution in [0.3, 0.4) is 0 Å². The molecule has 0 radical (unpaired) electrons. The number of thioether (sulfide) groups is 1. The van der Waals surface area contributed by atoms with Crippen LogP contribution in [-0.2, 0) is 20.4 Å². The fraction of sp³-hybridized carbons (Fsp3) is 0.600. The maximum Gasteiger partial charge on any atom is 0.416 e. The second kappa shape index (κ2) is 8.06. The Balaban J connectivity index is 2.27. The molecule has 2 heterocycles. The van der Waals surface area contributed by atoms with Crippen LogP contribution < -0.4 is 4.90 Å². The van der Waals surface area contributed by atoms with E-state index in [4.69, 9.17) is 9.47 Å². The Morgan fingerprint density at radius 1 is 1.42 bits per heavy atom. The number of halogens is 3. The van der Waals surface area contributed by atoms with E-state index in [0.29, 0.717) is 26.3 Å². The van der Waals surface area contributed by atoms with Gasteiger partial charge in [0.25, 0.3) is 0 Å². The van der Waals surface area contributed by atoms with Gasteiger partial charge in [-0.05, 0) is 26.0 Å². The molecular formula is C15H19F3N2O3S. The molecule has 1 aromatic rings. The van der Waals surface area contributed by atoms with E-state index in [0.717, 1.165) is 23.9 Å². The highest BCUT2D eigenvalue weighted by atomic mass is 32.2. The molecule has 24 heavy (non-hydrogen) atoms. The van der Waals surface area contributed by atoms with Crippen molar-refractivity contribution in [2.75, 3.05) is 37.8 Å². The minimum Gasteiger partial charge on any atom is -0.465 e. The molecule has 0 bridgehead atoms. The summed E-state index contributed by atoms with van der Waals surface area (Å²) in [4.78, 5) is 17.7. The first-order valence-corrected chi connectivity index (χ1v) is 8.44. The average Bonchev–Trinajstić information content (AvgIpc) is 2.54. The lowest BCUT2D eigenvalue weighted by Crippen LogP contribution is -2.37. The van der Waals surface area contributed by atoms with Gasteiger partial charge in [-0.15, -0.1) is 0 Å². The molecule has 0 aliphatic carbocycles. The van der Waals surface area contributed by atoms with Crippen LogP contribution in [0.2, 0.25) is 0 Å². The second-order valence-corrected chi connectivity index (χ2v) is 6.52. The summed E-state index contributed by atoms with van der Waals surface area (Å²) in [5.41, 5.74) is -0.780. The largest absolute Gasteiger partial charge is 0.465 e. The summed E-state index contributed by atoms with van der Waals surface area (Å²) in [5.74, 6) is -0.235. The van der Waals surface area contributed by atoms with Crippen molar-refractivity contribution in [3.05, 3.63) is 17.7 Å². The fourth-order valence-electron chi connectivity index (χ4n) is 2.16. The average molecular weight is 364 g/mol. The lowest BCUT2D eigenvalue weighted by molar-refractivity contribution is -0.142.